The van der Waals surface area contributed by atoms with Gasteiger partial charge in [0.2, 0.25) is 0 Å². The van der Waals surface area contributed by atoms with Crippen LogP contribution >= 0.6 is 0 Å². The molecule has 8 atom stereocenters. The highest BCUT2D eigenvalue weighted by Gasteiger charge is 2.42. The highest BCUT2D eigenvalue weighted by molar-refractivity contribution is 5.72. The third-order valence-electron chi connectivity index (χ3n) is 6.93. The molecule has 29 heavy (non-hydrogen) atoms. The van der Waals surface area contributed by atoms with Crippen molar-refractivity contribution in [2.75, 3.05) is 0 Å². The molecular formula is C24H36O5. The molecule has 0 spiro atoms. The van der Waals surface area contributed by atoms with Gasteiger partial charge in [-0.3, -0.25) is 9.59 Å². The molecule has 3 rings (SSSR count). The van der Waals surface area contributed by atoms with Crippen LogP contribution in [0.3, 0.4) is 0 Å². The first-order valence-electron chi connectivity index (χ1n) is 11.3. The molecule has 1 aliphatic heterocycles. The summed E-state index contributed by atoms with van der Waals surface area (Å²) in [5.74, 6) is 0.755. The first-order chi connectivity index (χ1) is 13.8. The van der Waals surface area contributed by atoms with Gasteiger partial charge < -0.3 is 14.6 Å². The number of esters is 2. The SMILES string of the molecule is CC[C@H](C)C(=O)O[C@H]1C[C@@H](C)C=C2C=C[C@H](C)[C@H](CC[C@@H]3CC(O)CC(=O)O3)[C@H]21. The van der Waals surface area contributed by atoms with E-state index in [1.54, 1.807) is 0 Å². The third-order valence-corrected chi connectivity index (χ3v) is 6.93. The van der Waals surface area contributed by atoms with Crippen molar-refractivity contribution >= 4 is 11.9 Å². The summed E-state index contributed by atoms with van der Waals surface area (Å²) in [5.41, 5.74) is 1.27. The molecule has 5 heteroatoms. The average molecular weight is 405 g/mol. The second-order valence-corrected chi connectivity index (χ2v) is 9.36. The van der Waals surface area contributed by atoms with Gasteiger partial charge in [-0.2, -0.15) is 0 Å². The lowest BCUT2D eigenvalue weighted by molar-refractivity contribution is -0.162. The van der Waals surface area contributed by atoms with Gasteiger partial charge in [0.05, 0.1) is 18.4 Å². The number of cyclic esters (lactones) is 1. The molecule has 0 radical (unpaired) electrons. The van der Waals surface area contributed by atoms with Gasteiger partial charge in [-0.25, -0.2) is 0 Å². The highest BCUT2D eigenvalue weighted by atomic mass is 16.5. The van der Waals surface area contributed by atoms with Gasteiger partial charge in [0, 0.05) is 12.3 Å². The number of fused-ring (bicyclic) bond motifs is 1. The number of allylic oxidation sites excluding steroid dienone is 3. The molecule has 1 saturated heterocycles. The number of rotatable bonds is 6. The Bertz CT molecular complexity index is 666. The molecule has 0 aromatic rings. The molecule has 0 bridgehead atoms. The minimum atomic E-state index is -0.597. The minimum Gasteiger partial charge on any atom is -0.462 e. The molecule has 0 amide bonds. The molecule has 162 valence electrons. The molecule has 1 unspecified atom stereocenters. The molecule has 1 heterocycles. The van der Waals surface area contributed by atoms with E-state index in [1.807, 2.05) is 13.8 Å². The molecule has 0 aromatic heterocycles. The average Bonchev–Trinajstić information content (AvgIpc) is 2.65. The molecule has 3 aliphatic rings. The van der Waals surface area contributed by atoms with Crippen molar-refractivity contribution in [2.45, 2.75) is 84.5 Å². The van der Waals surface area contributed by atoms with Gasteiger partial charge in [-0.05, 0) is 49.0 Å². The van der Waals surface area contributed by atoms with Crippen LogP contribution in [0.1, 0.15) is 66.2 Å². The van der Waals surface area contributed by atoms with E-state index < -0.39 is 6.10 Å². The van der Waals surface area contributed by atoms with Crippen LogP contribution in [0.2, 0.25) is 0 Å². The second kappa shape index (κ2) is 9.46. The fourth-order valence-electron chi connectivity index (χ4n) is 5.07. The van der Waals surface area contributed by atoms with Crippen LogP contribution in [0.4, 0.5) is 0 Å². The number of aliphatic hydroxyl groups is 1. The smallest absolute Gasteiger partial charge is 0.308 e. The van der Waals surface area contributed by atoms with Crippen LogP contribution in [0.5, 0.6) is 0 Å². The van der Waals surface area contributed by atoms with Crippen molar-refractivity contribution in [3.05, 3.63) is 23.8 Å². The van der Waals surface area contributed by atoms with Crippen LogP contribution in [0, 0.1) is 29.6 Å². The summed E-state index contributed by atoms with van der Waals surface area (Å²) in [6.45, 7) is 8.33. The molecule has 0 saturated carbocycles. The summed E-state index contributed by atoms with van der Waals surface area (Å²) >= 11 is 0. The maximum Gasteiger partial charge on any atom is 0.308 e. The van der Waals surface area contributed by atoms with Gasteiger partial charge in [-0.15, -0.1) is 0 Å². The summed E-state index contributed by atoms with van der Waals surface area (Å²) in [4.78, 5) is 24.2. The van der Waals surface area contributed by atoms with Crippen molar-refractivity contribution in [2.24, 2.45) is 29.6 Å². The molecule has 0 aromatic carbocycles. The molecule has 1 fully saturated rings. The first-order valence-corrected chi connectivity index (χ1v) is 11.3. The van der Waals surface area contributed by atoms with Gasteiger partial charge in [0.25, 0.3) is 0 Å². The van der Waals surface area contributed by atoms with Crippen molar-refractivity contribution < 1.29 is 24.2 Å². The Morgan fingerprint density at radius 2 is 2.07 bits per heavy atom. The fourth-order valence-corrected chi connectivity index (χ4v) is 5.07. The number of carbonyl (C=O) groups excluding carboxylic acids is 2. The number of hydrogen-bond acceptors (Lipinski definition) is 5. The van der Waals surface area contributed by atoms with Crippen LogP contribution in [0.25, 0.3) is 0 Å². The van der Waals surface area contributed by atoms with E-state index in [1.165, 1.54) is 5.57 Å². The highest BCUT2D eigenvalue weighted by Crippen LogP contribution is 2.45. The molecule has 2 aliphatic carbocycles. The van der Waals surface area contributed by atoms with E-state index in [0.717, 1.165) is 25.7 Å². The van der Waals surface area contributed by atoms with E-state index in [9.17, 15) is 14.7 Å². The number of ether oxygens (including phenoxy) is 2. The van der Waals surface area contributed by atoms with E-state index in [4.69, 9.17) is 9.47 Å². The topological polar surface area (TPSA) is 72.8 Å². The number of carbonyl (C=O) groups is 2. The van der Waals surface area contributed by atoms with E-state index in [2.05, 4.69) is 32.1 Å². The molecule has 1 N–H and O–H groups in total. The molecule has 5 nitrogen and oxygen atoms in total. The van der Waals surface area contributed by atoms with Gasteiger partial charge in [-0.1, -0.05) is 45.9 Å². The van der Waals surface area contributed by atoms with E-state index in [-0.39, 0.29) is 42.4 Å². The van der Waals surface area contributed by atoms with Crippen molar-refractivity contribution in [3.8, 4) is 0 Å². The van der Waals surface area contributed by atoms with Gasteiger partial charge >= 0.3 is 11.9 Å². The summed E-state index contributed by atoms with van der Waals surface area (Å²) < 4.78 is 11.5. The van der Waals surface area contributed by atoms with Crippen LogP contribution in [-0.2, 0) is 19.1 Å². The Morgan fingerprint density at radius 3 is 2.76 bits per heavy atom. The van der Waals surface area contributed by atoms with E-state index >= 15 is 0 Å². The maximum absolute atomic E-state index is 12.5. The predicted molar refractivity (Wildman–Crippen MR) is 111 cm³/mol. The minimum absolute atomic E-state index is 0.0854. The summed E-state index contributed by atoms with van der Waals surface area (Å²) in [7, 11) is 0. The summed E-state index contributed by atoms with van der Waals surface area (Å²) in [6, 6.07) is 0. The summed E-state index contributed by atoms with van der Waals surface area (Å²) in [6.07, 6.45) is 9.70. The van der Waals surface area contributed by atoms with Crippen molar-refractivity contribution in [1.29, 1.82) is 0 Å². The van der Waals surface area contributed by atoms with Crippen molar-refractivity contribution in [3.63, 3.8) is 0 Å². The number of aliphatic hydroxyl groups excluding tert-OH is 1. The van der Waals surface area contributed by atoms with Gasteiger partial charge in [0.1, 0.15) is 12.2 Å². The number of hydrogen-bond donors (Lipinski definition) is 1. The Hall–Kier alpha value is -1.62. The molecular weight excluding hydrogens is 368 g/mol. The van der Waals surface area contributed by atoms with Crippen LogP contribution < -0.4 is 0 Å². The van der Waals surface area contributed by atoms with Crippen molar-refractivity contribution in [1.82, 2.24) is 0 Å². The second-order valence-electron chi connectivity index (χ2n) is 9.36. The summed E-state index contributed by atoms with van der Waals surface area (Å²) in [5, 5.41) is 9.89. The lowest BCUT2D eigenvalue weighted by Crippen LogP contribution is -2.42. The van der Waals surface area contributed by atoms with Crippen LogP contribution in [-0.4, -0.2) is 35.4 Å². The fraction of sp³-hybridized carbons (Fsp3) is 0.750. The standard InChI is InChI=1S/C24H36O5/c1-5-15(3)24(27)29-21-11-14(2)10-17-7-6-16(4)20(23(17)21)9-8-19-12-18(25)13-22(26)28-19/h6-7,10,14-16,18-21,23,25H,5,8-9,11-13H2,1-4H3/t14-,15-,16-,18?,19+,20-,21-,23-/m0/s1. The lowest BCUT2D eigenvalue weighted by atomic mass is 9.65. The van der Waals surface area contributed by atoms with Crippen LogP contribution in [0.15, 0.2) is 23.8 Å². The normalized spacial score (nSPS) is 37.9. The zero-order chi connectivity index (χ0) is 21.1. The third kappa shape index (κ3) is 5.30. The largest absolute Gasteiger partial charge is 0.462 e. The maximum atomic E-state index is 12.5. The first kappa shape index (κ1) is 22.1. The Morgan fingerprint density at radius 1 is 1.31 bits per heavy atom. The Labute approximate surface area is 174 Å². The Balaban J connectivity index is 1.74. The van der Waals surface area contributed by atoms with E-state index in [0.29, 0.717) is 24.2 Å². The quantitative estimate of drug-likeness (QED) is 0.672. The predicted octanol–water partition coefficient (Wildman–Crippen LogP) is 4.20. The van der Waals surface area contributed by atoms with Gasteiger partial charge in [0.15, 0.2) is 0 Å². The lowest BCUT2D eigenvalue weighted by Gasteiger charge is -2.43. The Kier molecular flexibility index (Phi) is 7.20. The zero-order valence-corrected chi connectivity index (χ0v) is 18.2. The zero-order valence-electron chi connectivity index (χ0n) is 18.2. The monoisotopic (exact) mass is 404 g/mol.